The Morgan fingerprint density at radius 1 is 1.29 bits per heavy atom. The second-order valence-corrected chi connectivity index (χ2v) is 6.00. The molecule has 1 aromatic heterocycles. The summed E-state index contributed by atoms with van der Waals surface area (Å²) in [6, 6.07) is 5.44. The Labute approximate surface area is 126 Å². The number of rotatable bonds is 6. The summed E-state index contributed by atoms with van der Waals surface area (Å²) in [5, 5.41) is 3.94. The Hall–Kier alpha value is -1.40. The number of nitrogens with one attached hydrogen (secondary N) is 1. The van der Waals surface area contributed by atoms with E-state index in [1.165, 1.54) is 17.0 Å². The minimum Gasteiger partial charge on any atom is -0.320 e. The molecule has 6 heteroatoms. The van der Waals surface area contributed by atoms with E-state index in [9.17, 15) is 13.2 Å². The van der Waals surface area contributed by atoms with E-state index in [4.69, 9.17) is 0 Å². The zero-order valence-electron chi connectivity index (χ0n) is 11.7. The van der Waals surface area contributed by atoms with Crippen LogP contribution in [0.3, 0.4) is 0 Å². The van der Waals surface area contributed by atoms with Crippen LogP contribution in [0, 0.1) is 0 Å². The summed E-state index contributed by atoms with van der Waals surface area (Å²) in [7, 11) is 1.91. The van der Waals surface area contributed by atoms with Crippen molar-refractivity contribution in [3.8, 4) is 0 Å². The summed E-state index contributed by atoms with van der Waals surface area (Å²) < 4.78 is 38.0. The Morgan fingerprint density at radius 2 is 2.10 bits per heavy atom. The van der Waals surface area contributed by atoms with Gasteiger partial charge in [0.25, 0.3) is 0 Å². The Balaban J connectivity index is 2.02. The van der Waals surface area contributed by atoms with Gasteiger partial charge in [0, 0.05) is 17.5 Å². The average Bonchev–Trinajstić information content (AvgIpc) is 2.86. The van der Waals surface area contributed by atoms with E-state index in [1.807, 2.05) is 13.2 Å². The standard InChI is InChI=1S/C15H17F3N2S/c1-19-7-3-6-13-10-20-14(21-13)9-11-4-2-5-12(8-11)15(16,17)18/h2,4-5,8,10,19H,3,6-7,9H2,1H3. The van der Waals surface area contributed by atoms with Crippen molar-refractivity contribution >= 4 is 11.3 Å². The lowest BCUT2D eigenvalue weighted by molar-refractivity contribution is -0.137. The van der Waals surface area contributed by atoms with Crippen molar-refractivity contribution in [2.75, 3.05) is 13.6 Å². The molecule has 2 aromatic rings. The fraction of sp³-hybridized carbons (Fsp3) is 0.400. The van der Waals surface area contributed by atoms with Gasteiger partial charge in [-0.05, 0) is 38.1 Å². The first-order valence-electron chi connectivity index (χ1n) is 6.73. The van der Waals surface area contributed by atoms with Gasteiger partial charge in [-0.25, -0.2) is 4.98 Å². The van der Waals surface area contributed by atoms with Crippen LogP contribution in [0.2, 0.25) is 0 Å². The van der Waals surface area contributed by atoms with Gasteiger partial charge in [-0.3, -0.25) is 0 Å². The van der Waals surface area contributed by atoms with Crippen molar-refractivity contribution in [2.45, 2.75) is 25.4 Å². The number of hydrogen-bond acceptors (Lipinski definition) is 3. The van der Waals surface area contributed by atoms with Crippen LogP contribution in [0.4, 0.5) is 13.2 Å². The van der Waals surface area contributed by atoms with Crippen LogP contribution in [-0.2, 0) is 19.0 Å². The van der Waals surface area contributed by atoms with E-state index >= 15 is 0 Å². The molecule has 21 heavy (non-hydrogen) atoms. The molecule has 0 bridgehead atoms. The van der Waals surface area contributed by atoms with E-state index < -0.39 is 11.7 Å². The minimum absolute atomic E-state index is 0.445. The zero-order valence-corrected chi connectivity index (χ0v) is 12.5. The number of benzene rings is 1. The van der Waals surface area contributed by atoms with Crippen LogP contribution in [0.15, 0.2) is 30.5 Å². The van der Waals surface area contributed by atoms with Crippen LogP contribution in [-0.4, -0.2) is 18.6 Å². The SMILES string of the molecule is CNCCCc1cnc(Cc2cccc(C(F)(F)F)c2)s1. The van der Waals surface area contributed by atoms with Gasteiger partial charge in [-0.15, -0.1) is 11.3 Å². The fourth-order valence-electron chi connectivity index (χ4n) is 2.02. The highest BCUT2D eigenvalue weighted by Crippen LogP contribution is 2.30. The summed E-state index contributed by atoms with van der Waals surface area (Å²) in [5.74, 6) is 0. The maximum atomic E-state index is 12.7. The van der Waals surface area contributed by atoms with Gasteiger partial charge < -0.3 is 5.32 Å². The molecule has 0 unspecified atom stereocenters. The Kier molecular flexibility index (Phi) is 5.36. The molecule has 1 heterocycles. The predicted molar refractivity (Wildman–Crippen MR) is 78.6 cm³/mol. The highest BCUT2D eigenvalue weighted by atomic mass is 32.1. The minimum atomic E-state index is -4.29. The van der Waals surface area contributed by atoms with Crippen LogP contribution < -0.4 is 5.32 Å². The van der Waals surface area contributed by atoms with Gasteiger partial charge in [0.2, 0.25) is 0 Å². The maximum absolute atomic E-state index is 12.7. The second kappa shape index (κ2) is 7.04. The van der Waals surface area contributed by atoms with Gasteiger partial charge in [0.1, 0.15) is 0 Å². The third-order valence-corrected chi connectivity index (χ3v) is 4.12. The molecule has 0 saturated heterocycles. The van der Waals surface area contributed by atoms with Crippen molar-refractivity contribution in [2.24, 2.45) is 0 Å². The van der Waals surface area contributed by atoms with Crippen LogP contribution in [0.1, 0.15) is 27.4 Å². The zero-order chi connectivity index (χ0) is 15.3. The second-order valence-electron chi connectivity index (χ2n) is 4.80. The lowest BCUT2D eigenvalue weighted by Gasteiger charge is -2.07. The lowest BCUT2D eigenvalue weighted by Crippen LogP contribution is -2.07. The molecule has 0 amide bonds. The predicted octanol–water partition coefficient (Wildman–Crippen LogP) is 3.90. The molecule has 114 valence electrons. The molecule has 0 atom stereocenters. The van der Waals surface area contributed by atoms with E-state index in [-0.39, 0.29) is 0 Å². The molecule has 0 radical (unpaired) electrons. The topological polar surface area (TPSA) is 24.9 Å². The highest BCUT2D eigenvalue weighted by Gasteiger charge is 2.30. The smallest absolute Gasteiger partial charge is 0.320 e. The number of thiazole rings is 1. The summed E-state index contributed by atoms with van der Waals surface area (Å²) in [6.07, 6.45) is -0.0517. The molecule has 0 aliphatic heterocycles. The Morgan fingerprint density at radius 3 is 2.81 bits per heavy atom. The summed E-state index contributed by atoms with van der Waals surface area (Å²) in [4.78, 5) is 5.47. The normalized spacial score (nSPS) is 11.8. The molecule has 1 N–H and O–H groups in total. The Bertz CT molecular complexity index is 578. The lowest BCUT2D eigenvalue weighted by atomic mass is 10.1. The summed E-state index contributed by atoms with van der Waals surface area (Å²) >= 11 is 1.57. The van der Waals surface area contributed by atoms with E-state index in [0.29, 0.717) is 12.0 Å². The van der Waals surface area contributed by atoms with Crippen LogP contribution >= 0.6 is 11.3 Å². The number of alkyl halides is 3. The molecule has 2 rings (SSSR count). The van der Waals surface area contributed by atoms with Crippen molar-refractivity contribution in [1.29, 1.82) is 0 Å². The number of aromatic nitrogens is 1. The molecule has 0 spiro atoms. The number of hydrogen-bond donors (Lipinski definition) is 1. The third-order valence-electron chi connectivity index (χ3n) is 3.06. The van der Waals surface area contributed by atoms with E-state index in [0.717, 1.165) is 30.5 Å². The molecular formula is C15H17F3N2S. The number of halogens is 3. The number of aryl methyl sites for hydroxylation is 1. The van der Waals surface area contributed by atoms with Gasteiger partial charge in [0.15, 0.2) is 0 Å². The van der Waals surface area contributed by atoms with Gasteiger partial charge in [-0.2, -0.15) is 13.2 Å². The first kappa shape index (κ1) is 16.0. The van der Waals surface area contributed by atoms with Crippen LogP contribution in [0.5, 0.6) is 0 Å². The number of nitrogens with zero attached hydrogens (tertiary/aromatic N) is 1. The van der Waals surface area contributed by atoms with Crippen molar-refractivity contribution in [3.05, 3.63) is 51.5 Å². The molecule has 0 aliphatic carbocycles. The monoisotopic (exact) mass is 314 g/mol. The summed E-state index contributed by atoms with van der Waals surface area (Å²) in [5.41, 5.74) is 0.0340. The molecular weight excluding hydrogens is 297 g/mol. The molecule has 1 aromatic carbocycles. The average molecular weight is 314 g/mol. The van der Waals surface area contributed by atoms with Crippen molar-refractivity contribution < 1.29 is 13.2 Å². The first-order valence-corrected chi connectivity index (χ1v) is 7.55. The van der Waals surface area contributed by atoms with E-state index in [1.54, 1.807) is 17.4 Å². The highest BCUT2D eigenvalue weighted by molar-refractivity contribution is 7.11. The van der Waals surface area contributed by atoms with Crippen molar-refractivity contribution in [1.82, 2.24) is 10.3 Å². The van der Waals surface area contributed by atoms with Crippen LogP contribution in [0.25, 0.3) is 0 Å². The molecule has 0 aliphatic rings. The maximum Gasteiger partial charge on any atom is 0.416 e. The third kappa shape index (κ3) is 4.82. The molecule has 0 fully saturated rings. The fourth-order valence-corrected chi connectivity index (χ4v) is 3.02. The van der Waals surface area contributed by atoms with Gasteiger partial charge in [-0.1, -0.05) is 18.2 Å². The first-order chi connectivity index (χ1) is 9.99. The summed E-state index contributed by atoms with van der Waals surface area (Å²) in [6.45, 7) is 0.945. The molecule has 2 nitrogen and oxygen atoms in total. The van der Waals surface area contributed by atoms with Crippen molar-refractivity contribution in [3.63, 3.8) is 0 Å². The largest absolute Gasteiger partial charge is 0.416 e. The van der Waals surface area contributed by atoms with Gasteiger partial charge in [0.05, 0.1) is 10.6 Å². The quantitative estimate of drug-likeness (QED) is 0.818. The van der Waals surface area contributed by atoms with E-state index in [2.05, 4.69) is 10.3 Å². The molecule has 0 saturated carbocycles. The van der Waals surface area contributed by atoms with Gasteiger partial charge >= 0.3 is 6.18 Å².